The minimum absolute atomic E-state index is 0.0174. The summed E-state index contributed by atoms with van der Waals surface area (Å²) in [6, 6.07) is -0.0613. The summed E-state index contributed by atoms with van der Waals surface area (Å²) in [7, 11) is 2.80. The fourth-order valence-electron chi connectivity index (χ4n) is 15.1. The average Bonchev–Trinajstić information content (AvgIpc) is 1.61. The lowest BCUT2D eigenvalue weighted by Gasteiger charge is -2.39. The number of aliphatic hydroxyl groups is 2. The minimum Gasteiger partial charge on any atom is -0.481 e. The second-order valence-electron chi connectivity index (χ2n) is 32.6. The highest BCUT2D eigenvalue weighted by Gasteiger charge is 2.60. The van der Waals surface area contributed by atoms with Crippen molar-refractivity contribution in [1.82, 2.24) is 16.0 Å². The van der Waals surface area contributed by atoms with Gasteiger partial charge in [0.25, 0.3) is 0 Å². The van der Waals surface area contributed by atoms with Crippen LogP contribution < -0.4 is 16.0 Å². The minimum atomic E-state index is -0.925. The molecule has 9 heterocycles. The maximum atomic E-state index is 12.2. The van der Waals surface area contributed by atoms with Crippen molar-refractivity contribution in [2.45, 2.75) is 308 Å². The summed E-state index contributed by atoms with van der Waals surface area (Å²) >= 11 is 0. The third-order valence-electron chi connectivity index (χ3n) is 22.5. The molecule has 0 unspecified atom stereocenters. The number of esters is 2. The lowest BCUT2D eigenvalue weighted by molar-refractivity contribution is -0.155. The number of ether oxygens (including phenoxy) is 11. The third-order valence-corrected chi connectivity index (χ3v) is 22.5. The summed E-state index contributed by atoms with van der Waals surface area (Å²) in [5.74, 6) is 0.215. The maximum absolute atomic E-state index is 12.2. The van der Waals surface area contributed by atoms with E-state index in [-0.39, 0.29) is 163 Å². The Balaban J connectivity index is 0.000000224. The van der Waals surface area contributed by atoms with Crippen LogP contribution in [0.4, 0.5) is 0 Å². The number of aliphatic carboxylic acids is 1. The number of hydrogen-bond donors (Lipinski definition) is 6. The molecule has 9 saturated heterocycles. The van der Waals surface area contributed by atoms with Gasteiger partial charge in [-0.1, -0.05) is 152 Å². The fraction of sp³-hybridized carbons (Fsp3) is 0.714. The highest BCUT2D eigenvalue weighted by Crippen LogP contribution is 2.49. The second-order valence-corrected chi connectivity index (χ2v) is 32.6. The predicted octanol–water partition coefficient (Wildman–Crippen LogP) is 10.9. The number of amides is 3. The molecule has 0 aromatic heterocycles. The number of carboxylic acid groups (broad SMARTS) is 1. The number of carbonyl (C=O) groups is 6. The molecule has 9 aliphatic rings. The number of hydrogen-bond acceptors (Lipinski definition) is 19. The first-order valence-corrected chi connectivity index (χ1v) is 39.1. The molecule has 0 radical (unpaired) electrons. The van der Waals surface area contributed by atoms with Gasteiger partial charge in [0.2, 0.25) is 17.7 Å². The quantitative estimate of drug-likeness (QED) is 0.0193. The van der Waals surface area contributed by atoms with Gasteiger partial charge < -0.3 is 83.4 Å². The highest BCUT2D eigenvalue weighted by atomic mass is 16.6. The molecule has 25 atom stereocenters. The molecule has 0 bridgehead atoms. The Morgan fingerprint density at radius 1 is 0.458 bits per heavy atom. The molecule has 600 valence electrons. The van der Waals surface area contributed by atoms with Crippen LogP contribution in [0.25, 0.3) is 0 Å². The van der Waals surface area contributed by atoms with E-state index in [1.54, 1.807) is 25.2 Å². The van der Waals surface area contributed by atoms with Gasteiger partial charge >= 0.3 is 17.9 Å². The first-order valence-electron chi connectivity index (χ1n) is 39.1. The van der Waals surface area contributed by atoms with Crippen LogP contribution >= 0.6 is 0 Å². The molecule has 107 heavy (non-hydrogen) atoms. The smallest absolute Gasteiger partial charge is 0.308 e. The van der Waals surface area contributed by atoms with Gasteiger partial charge in [-0.25, -0.2) is 0 Å². The van der Waals surface area contributed by atoms with E-state index in [0.29, 0.717) is 37.4 Å². The van der Waals surface area contributed by atoms with Crippen LogP contribution in [0.2, 0.25) is 0 Å². The zero-order chi connectivity index (χ0) is 78.7. The number of epoxide rings is 3. The van der Waals surface area contributed by atoms with Gasteiger partial charge in [-0.2, -0.15) is 0 Å². The van der Waals surface area contributed by atoms with E-state index in [1.807, 2.05) is 59.8 Å². The highest BCUT2D eigenvalue weighted by molar-refractivity contribution is 5.88. The van der Waals surface area contributed by atoms with Crippen LogP contribution in [0.15, 0.2) is 108 Å². The Morgan fingerprint density at radius 2 is 0.766 bits per heavy atom. The first kappa shape index (κ1) is 88.3. The number of nitrogens with one attached hydrogen (secondary N) is 3. The monoisotopic (exact) mass is 1500 g/mol. The number of aliphatic hydroxyl groups excluding tert-OH is 2. The van der Waals surface area contributed by atoms with Gasteiger partial charge in [0.1, 0.15) is 17.8 Å². The van der Waals surface area contributed by atoms with E-state index in [1.165, 1.54) is 26.4 Å². The molecule has 0 aromatic carbocycles. The third kappa shape index (κ3) is 27.5. The number of allylic oxidation sites excluding steroid dienone is 8. The summed E-state index contributed by atoms with van der Waals surface area (Å²) in [4.78, 5) is 71.1. The molecular formula is C84H129N3O20. The van der Waals surface area contributed by atoms with Crippen molar-refractivity contribution in [3.05, 3.63) is 108 Å². The van der Waals surface area contributed by atoms with E-state index in [0.717, 1.165) is 74.7 Å². The summed E-state index contributed by atoms with van der Waals surface area (Å²) in [6.45, 7) is 34.6. The zero-order valence-electron chi connectivity index (χ0n) is 66.9. The largest absolute Gasteiger partial charge is 0.481 e. The second kappa shape index (κ2) is 40.8. The van der Waals surface area contributed by atoms with Crippen molar-refractivity contribution >= 4 is 35.6 Å². The summed E-state index contributed by atoms with van der Waals surface area (Å²) < 4.78 is 63.9. The van der Waals surface area contributed by atoms with Gasteiger partial charge in [0.15, 0.2) is 0 Å². The predicted molar refractivity (Wildman–Crippen MR) is 407 cm³/mol. The molecule has 23 nitrogen and oxygen atoms in total. The lowest BCUT2D eigenvalue weighted by atomic mass is 9.81. The van der Waals surface area contributed by atoms with Crippen LogP contribution in [0.1, 0.15) is 188 Å². The van der Waals surface area contributed by atoms with E-state index >= 15 is 0 Å². The van der Waals surface area contributed by atoms with Crippen molar-refractivity contribution in [3.63, 3.8) is 0 Å². The van der Waals surface area contributed by atoms with Gasteiger partial charge in [0, 0.05) is 37.2 Å². The van der Waals surface area contributed by atoms with E-state index in [2.05, 4.69) is 121 Å². The topological polar surface area (TPSA) is 311 Å². The summed E-state index contributed by atoms with van der Waals surface area (Å²) in [6.07, 6.45) is 32.3. The Kier molecular flexibility index (Phi) is 33.7. The van der Waals surface area contributed by atoms with Gasteiger partial charge in [-0.15, -0.1) is 0 Å². The van der Waals surface area contributed by atoms with Crippen LogP contribution in [0, 0.1) is 41.4 Å². The molecule has 23 heteroatoms. The van der Waals surface area contributed by atoms with Crippen LogP contribution in [0.5, 0.6) is 0 Å². The molecule has 9 rings (SSSR count). The van der Waals surface area contributed by atoms with Crippen LogP contribution in [-0.2, 0) is 80.9 Å². The standard InChI is InChI=1S/C29H45NO6.C28H43NO7.C27H41NO7/c1-18(2)8-13-27(31)30-24-14-20(4)25(35-22(24)6)11-9-19(3)10-12-26-21(5)29(17-34-29)16-23(36-26)15-28(32)33-7;1-17(8-11-25-20(4)28(16-34-28)15-22(36-25)14-27(32)33-6)7-10-24-18(2)13-23(21(5)35-24)29-26(31)12-9-19(3)30;1-16(2)6-11-24(29)28-21-12-18(4)22(34-19(21)5)9-7-17(3)8-10-23-26(32)27(15-33-27)14-20(35-23)13-25(30)31/h8-10,12-13,18,20-26H,11,14-17H2,1-7H3,(H,30,31);7-9,11-12,18-25,30H,10,13-16H2,1-6H3,(H,29,31);6-8,10-11,16,18-23,26,32H,9,12-15H2,1-5H3,(H,28,29)(H,30,31)/b12-10+,13-8-,19-9+;11-8+,12-9-,17-7+;10-8+,11-6-,17-7+/t20-,21+,22+,23+,24+,25-,26+,29+;18-,19-,20+,21+,22+,23+,24-,25+,28+;18-,19+,20+,21+,22-,23+,26+,27+/m000/s1. The molecule has 9 fully saturated rings. The fourth-order valence-corrected chi connectivity index (χ4v) is 15.1. The molecule has 3 amide bonds. The van der Waals surface area contributed by atoms with E-state index in [4.69, 9.17) is 57.2 Å². The maximum Gasteiger partial charge on any atom is 0.308 e. The Morgan fingerprint density at radius 3 is 1.07 bits per heavy atom. The average molecular weight is 1500 g/mol. The SMILES string of the molecule is CC(/C=C/[C@H]1O[C@H](CC(=O)O)C[C@@]2(CO2)[C@@H]1O)=C\C[C@@H]1O[C@H](C)[C@H](NC(=O)/C=C\C(C)C)C[C@@H]1C.COC(=O)C[C@@H]1C[C@@]2(CO2)[C@H](C)[C@@H](/C=C/C(C)=C/C[C@@H]2O[C@H](C)[C@H](NC(=O)/C=C\C(C)C)C[C@@H]2C)O1.COC(=O)C[C@@H]1C[C@@]2(CO2)[C@H](C)[C@@H](/C=C/C(C)=C/C[C@@H]2O[C@H](C)[C@H](NC(=O)/C=C\[C@H](C)O)C[C@@H]2C)O1. The lowest BCUT2D eigenvalue weighted by Crippen LogP contribution is -2.50. The van der Waals surface area contributed by atoms with Crippen LogP contribution in [0.3, 0.4) is 0 Å². The first-order chi connectivity index (χ1) is 50.5. The molecule has 0 saturated carbocycles. The zero-order valence-corrected chi connectivity index (χ0v) is 66.9. The molecule has 6 N–H and O–H groups in total. The summed E-state index contributed by atoms with van der Waals surface area (Å²) in [5.41, 5.74) is 2.22. The molecule has 9 aliphatic heterocycles. The van der Waals surface area contributed by atoms with Gasteiger partial charge in [-0.05, 0) is 129 Å². The van der Waals surface area contributed by atoms with Crippen molar-refractivity contribution < 1.29 is 96.2 Å². The molecule has 3 spiro atoms. The normalized spacial score (nSPS) is 37.6. The van der Waals surface area contributed by atoms with Crippen LogP contribution in [-0.4, -0.2) is 205 Å². The molecular weight excluding hydrogens is 1370 g/mol. The number of carboxylic acids is 1. The van der Waals surface area contributed by atoms with Gasteiger partial charge in [0.05, 0.1) is 156 Å². The Labute approximate surface area is 636 Å². The Hall–Kier alpha value is -5.96. The molecule has 0 aromatic rings. The van der Waals surface area contributed by atoms with Crippen molar-refractivity contribution in [2.24, 2.45) is 41.4 Å². The number of rotatable bonds is 27. The Bertz CT molecular complexity index is 3080. The van der Waals surface area contributed by atoms with E-state index < -0.39 is 36.0 Å². The number of methoxy groups -OCH3 is 2. The number of carbonyl (C=O) groups excluding carboxylic acids is 5. The van der Waals surface area contributed by atoms with Crippen molar-refractivity contribution in [3.8, 4) is 0 Å². The summed E-state index contributed by atoms with van der Waals surface area (Å²) in [5, 5.41) is 38.2. The van der Waals surface area contributed by atoms with Crippen molar-refractivity contribution in [2.75, 3.05) is 34.0 Å². The van der Waals surface area contributed by atoms with Gasteiger partial charge in [-0.3, -0.25) is 28.8 Å². The van der Waals surface area contributed by atoms with E-state index in [9.17, 15) is 39.0 Å². The van der Waals surface area contributed by atoms with Crippen molar-refractivity contribution in [1.29, 1.82) is 0 Å². The molecule has 0 aliphatic carbocycles.